The number of anilines is 1. The van der Waals surface area contributed by atoms with Gasteiger partial charge in [0.2, 0.25) is 0 Å². The molecule has 0 saturated carbocycles. The van der Waals surface area contributed by atoms with Gasteiger partial charge in [0.15, 0.2) is 16.6 Å². The van der Waals surface area contributed by atoms with E-state index >= 15 is 0 Å². The summed E-state index contributed by atoms with van der Waals surface area (Å²) in [7, 11) is 3.17. The maximum absolute atomic E-state index is 5.23. The topological polar surface area (TPSA) is 67.8 Å². The van der Waals surface area contributed by atoms with E-state index in [2.05, 4.69) is 20.8 Å². The summed E-state index contributed by atoms with van der Waals surface area (Å²) in [5.74, 6) is 1.27. The van der Waals surface area contributed by atoms with E-state index in [4.69, 9.17) is 21.7 Å². The number of methoxy groups -OCH3 is 2. The van der Waals surface area contributed by atoms with Crippen molar-refractivity contribution in [2.75, 3.05) is 19.5 Å². The van der Waals surface area contributed by atoms with Crippen LogP contribution in [0.5, 0.6) is 11.5 Å². The lowest BCUT2D eigenvalue weighted by Crippen LogP contribution is -2.23. The Morgan fingerprint density at radius 2 is 2.05 bits per heavy atom. The van der Waals surface area contributed by atoms with Crippen molar-refractivity contribution in [3.8, 4) is 11.5 Å². The minimum atomic E-state index is 0.368. The van der Waals surface area contributed by atoms with Gasteiger partial charge >= 0.3 is 0 Å². The first kappa shape index (κ1) is 15.7. The van der Waals surface area contributed by atoms with Gasteiger partial charge in [-0.25, -0.2) is 0 Å². The Labute approximate surface area is 134 Å². The largest absolute Gasteiger partial charge is 0.493 e. The molecule has 0 aliphatic rings. The molecule has 0 amide bonds. The second-order valence-corrected chi connectivity index (χ2v) is 4.59. The SMILES string of the molecule is COc1ccc(NC(=S)NN=Cc2cccnc2)cc1OC. The zero-order valence-electron chi connectivity index (χ0n) is 12.2. The number of ether oxygens (including phenoxy) is 2. The van der Waals surface area contributed by atoms with Gasteiger partial charge in [-0.2, -0.15) is 5.10 Å². The predicted molar refractivity (Wildman–Crippen MR) is 90.7 cm³/mol. The number of hydrogen-bond donors (Lipinski definition) is 2. The van der Waals surface area contributed by atoms with E-state index in [1.807, 2.05) is 18.2 Å². The summed E-state index contributed by atoms with van der Waals surface area (Å²) in [6, 6.07) is 9.14. The number of hydrogen-bond acceptors (Lipinski definition) is 5. The van der Waals surface area contributed by atoms with Gasteiger partial charge in [-0.1, -0.05) is 6.07 Å². The molecule has 0 bridgehead atoms. The number of nitrogens with zero attached hydrogens (tertiary/aromatic N) is 2. The highest BCUT2D eigenvalue weighted by Gasteiger charge is 2.05. The Bertz CT molecular complexity index is 662. The first-order valence-electron chi connectivity index (χ1n) is 6.45. The van der Waals surface area contributed by atoms with Crippen LogP contribution in [0.4, 0.5) is 5.69 Å². The molecule has 22 heavy (non-hydrogen) atoms. The Hall–Kier alpha value is -2.67. The van der Waals surface area contributed by atoms with E-state index in [1.165, 1.54) is 0 Å². The van der Waals surface area contributed by atoms with Crippen LogP contribution in [0.15, 0.2) is 47.8 Å². The molecule has 0 radical (unpaired) electrons. The molecular weight excluding hydrogens is 300 g/mol. The highest BCUT2D eigenvalue weighted by atomic mass is 32.1. The van der Waals surface area contributed by atoms with Gasteiger partial charge in [0.05, 0.1) is 20.4 Å². The van der Waals surface area contributed by atoms with Gasteiger partial charge in [-0.15, -0.1) is 0 Å². The van der Waals surface area contributed by atoms with Crippen molar-refractivity contribution in [3.63, 3.8) is 0 Å². The third-order valence-corrected chi connectivity index (χ3v) is 2.90. The van der Waals surface area contributed by atoms with Gasteiger partial charge in [0, 0.05) is 29.7 Å². The molecule has 2 N–H and O–H groups in total. The molecule has 0 fully saturated rings. The van der Waals surface area contributed by atoms with Gasteiger partial charge in [0.25, 0.3) is 0 Å². The Balaban J connectivity index is 1.93. The fourth-order valence-electron chi connectivity index (χ4n) is 1.69. The zero-order chi connectivity index (χ0) is 15.8. The second-order valence-electron chi connectivity index (χ2n) is 4.18. The number of rotatable bonds is 5. The van der Waals surface area contributed by atoms with E-state index in [-0.39, 0.29) is 0 Å². The van der Waals surface area contributed by atoms with Crippen molar-refractivity contribution < 1.29 is 9.47 Å². The standard InChI is InChI=1S/C15H16N4O2S/c1-20-13-6-5-12(8-14(13)21-2)18-15(22)19-17-10-11-4-3-7-16-9-11/h3-10H,1-2H3,(H2,18,19,22). The summed E-state index contributed by atoms with van der Waals surface area (Å²) < 4.78 is 10.4. The van der Waals surface area contributed by atoms with Crippen LogP contribution in [-0.2, 0) is 0 Å². The Kier molecular flexibility index (Phi) is 5.67. The third kappa shape index (κ3) is 4.42. The number of nitrogens with one attached hydrogen (secondary N) is 2. The van der Waals surface area contributed by atoms with Crippen molar-refractivity contribution in [1.29, 1.82) is 0 Å². The Morgan fingerprint density at radius 1 is 1.23 bits per heavy atom. The fraction of sp³-hybridized carbons (Fsp3) is 0.133. The van der Waals surface area contributed by atoms with Crippen molar-refractivity contribution in [1.82, 2.24) is 10.4 Å². The van der Waals surface area contributed by atoms with Crippen LogP contribution in [0, 0.1) is 0 Å². The summed E-state index contributed by atoms with van der Waals surface area (Å²) in [5, 5.41) is 7.42. The average molecular weight is 316 g/mol. The third-order valence-electron chi connectivity index (χ3n) is 2.71. The molecule has 7 heteroatoms. The monoisotopic (exact) mass is 316 g/mol. The van der Waals surface area contributed by atoms with Crippen molar-refractivity contribution in [2.24, 2.45) is 5.10 Å². The summed E-state index contributed by atoms with van der Waals surface area (Å²) in [6.45, 7) is 0. The van der Waals surface area contributed by atoms with E-state index in [1.54, 1.807) is 45.0 Å². The molecule has 6 nitrogen and oxygen atoms in total. The number of aromatic nitrogens is 1. The minimum absolute atomic E-state index is 0.368. The van der Waals surface area contributed by atoms with Crippen LogP contribution in [-0.4, -0.2) is 30.5 Å². The van der Waals surface area contributed by atoms with Gasteiger partial charge in [-0.05, 0) is 30.4 Å². The van der Waals surface area contributed by atoms with Gasteiger partial charge in [0.1, 0.15) is 0 Å². The van der Waals surface area contributed by atoms with Crippen molar-refractivity contribution in [2.45, 2.75) is 0 Å². The molecule has 1 aromatic heterocycles. The molecule has 0 aliphatic heterocycles. The molecule has 2 aromatic rings. The maximum Gasteiger partial charge on any atom is 0.191 e. The molecule has 0 atom stereocenters. The van der Waals surface area contributed by atoms with Crippen LogP contribution < -0.4 is 20.2 Å². The molecule has 1 aromatic carbocycles. The van der Waals surface area contributed by atoms with Crippen molar-refractivity contribution in [3.05, 3.63) is 48.3 Å². The first-order valence-corrected chi connectivity index (χ1v) is 6.86. The van der Waals surface area contributed by atoms with E-state index in [9.17, 15) is 0 Å². The molecule has 2 rings (SSSR count). The molecule has 0 saturated heterocycles. The lowest BCUT2D eigenvalue weighted by atomic mass is 10.3. The predicted octanol–water partition coefficient (Wildman–Crippen LogP) is 2.42. The highest BCUT2D eigenvalue weighted by Crippen LogP contribution is 2.29. The number of pyridine rings is 1. The zero-order valence-corrected chi connectivity index (χ0v) is 13.1. The van der Waals surface area contributed by atoms with Crippen LogP contribution in [0.25, 0.3) is 0 Å². The Morgan fingerprint density at radius 3 is 2.73 bits per heavy atom. The van der Waals surface area contributed by atoms with Crippen LogP contribution >= 0.6 is 12.2 Å². The fourth-order valence-corrected chi connectivity index (χ4v) is 1.86. The second kappa shape index (κ2) is 7.94. The molecule has 0 aliphatic carbocycles. The molecule has 0 unspecified atom stereocenters. The highest BCUT2D eigenvalue weighted by molar-refractivity contribution is 7.80. The van der Waals surface area contributed by atoms with E-state index in [0.717, 1.165) is 11.3 Å². The minimum Gasteiger partial charge on any atom is -0.493 e. The molecular formula is C15H16N4O2S. The van der Waals surface area contributed by atoms with Crippen molar-refractivity contribution >= 4 is 29.2 Å². The number of benzene rings is 1. The quantitative estimate of drug-likeness (QED) is 0.502. The molecule has 1 heterocycles. The first-order chi connectivity index (χ1) is 10.7. The smallest absolute Gasteiger partial charge is 0.191 e. The summed E-state index contributed by atoms with van der Waals surface area (Å²) in [6.07, 6.45) is 5.04. The number of thiocarbonyl (C=S) groups is 1. The summed E-state index contributed by atoms with van der Waals surface area (Å²) in [5.41, 5.74) is 4.38. The number of hydrazone groups is 1. The normalized spacial score (nSPS) is 10.3. The summed E-state index contributed by atoms with van der Waals surface area (Å²) in [4.78, 5) is 3.99. The van der Waals surface area contributed by atoms with Gasteiger partial charge < -0.3 is 14.8 Å². The van der Waals surface area contributed by atoms with E-state index in [0.29, 0.717) is 16.6 Å². The molecule has 114 valence electrons. The molecule has 0 spiro atoms. The van der Waals surface area contributed by atoms with Crippen LogP contribution in [0.2, 0.25) is 0 Å². The van der Waals surface area contributed by atoms with E-state index < -0.39 is 0 Å². The maximum atomic E-state index is 5.23. The summed E-state index contributed by atoms with van der Waals surface area (Å²) >= 11 is 5.17. The lowest BCUT2D eigenvalue weighted by Gasteiger charge is -2.11. The van der Waals surface area contributed by atoms with Gasteiger partial charge in [-0.3, -0.25) is 10.4 Å². The van der Waals surface area contributed by atoms with Crippen LogP contribution in [0.3, 0.4) is 0 Å². The lowest BCUT2D eigenvalue weighted by molar-refractivity contribution is 0.355. The average Bonchev–Trinajstić information content (AvgIpc) is 2.55. The van der Waals surface area contributed by atoms with Crippen LogP contribution in [0.1, 0.15) is 5.56 Å².